The van der Waals surface area contributed by atoms with Gasteiger partial charge < -0.3 is 14.8 Å². The van der Waals surface area contributed by atoms with Crippen LogP contribution in [0.4, 0.5) is 5.82 Å². The van der Waals surface area contributed by atoms with Gasteiger partial charge in [-0.25, -0.2) is 19.9 Å². The number of likely N-dealkylation sites (tertiary alicyclic amines) is 1. The van der Waals surface area contributed by atoms with Crippen LogP contribution in [-0.2, 0) is 4.79 Å². The standard InChI is InChI=1S/C24H29N7O/c1-15-13-19(31-12-4-5-17(14-31)24(32)30-10-2-3-11-30)27-23-20(15)28-22(29-23)18-8-9-25-21(26-18)16-6-7-16/h8-9,13,16-17H,2-7,10-12,14H2,1H3,(H,27,28,29). The summed E-state index contributed by atoms with van der Waals surface area (Å²) < 4.78 is 0. The van der Waals surface area contributed by atoms with Crippen LogP contribution in [0.3, 0.4) is 0 Å². The highest BCUT2D eigenvalue weighted by molar-refractivity contribution is 5.82. The fraction of sp³-hybridized carbons (Fsp3) is 0.542. The predicted octanol–water partition coefficient (Wildman–Crippen LogP) is 3.44. The van der Waals surface area contributed by atoms with Crippen molar-refractivity contribution in [1.29, 1.82) is 0 Å². The molecule has 1 N–H and O–H groups in total. The van der Waals surface area contributed by atoms with Crippen LogP contribution >= 0.6 is 0 Å². The fourth-order valence-corrected chi connectivity index (χ4v) is 5.04. The van der Waals surface area contributed by atoms with Crippen molar-refractivity contribution in [3.8, 4) is 11.5 Å². The van der Waals surface area contributed by atoms with E-state index in [1.807, 2.05) is 17.2 Å². The first-order chi connectivity index (χ1) is 15.7. The van der Waals surface area contributed by atoms with Crippen LogP contribution in [0.25, 0.3) is 22.7 Å². The molecule has 5 heterocycles. The molecule has 1 amide bonds. The van der Waals surface area contributed by atoms with Gasteiger partial charge in [0.1, 0.15) is 17.3 Å². The van der Waals surface area contributed by atoms with Crippen molar-refractivity contribution in [2.75, 3.05) is 31.1 Å². The van der Waals surface area contributed by atoms with Crippen LogP contribution in [0.15, 0.2) is 18.3 Å². The minimum atomic E-state index is 0.0660. The molecule has 1 saturated carbocycles. The van der Waals surface area contributed by atoms with E-state index in [0.29, 0.717) is 17.5 Å². The summed E-state index contributed by atoms with van der Waals surface area (Å²) in [4.78, 5) is 39.5. The number of nitrogens with zero attached hydrogens (tertiary/aromatic N) is 6. The Kier molecular flexibility index (Phi) is 4.81. The Morgan fingerprint density at radius 1 is 1.06 bits per heavy atom. The SMILES string of the molecule is Cc1cc(N2CCCC(C(=O)N3CCCC3)C2)nc2nc(-c3ccnc(C4CC4)n3)[nH]c12. The monoisotopic (exact) mass is 431 g/mol. The van der Waals surface area contributed by atoms with Gasteiger partial charge in [-0.15, -0.1) is 0 Å². The van der Waals surface area contributed by atoms with E-state index < -0.39 is 0 Å². The summed E-state index contributed by atoms with van der Waals surface area (Å²) in [6.07, 6.45) is 8.41. The van der Waals surface area contributed by atoms with Crippen LogP contribution in [0.5, 0.6) is 0 Å². The number of carbonyl (C=O) groups excluding carboxylic acids is 1. The van der Waals surface area contributed by atoms with E-state index in [-0.39, 0.29) is 5.92 Å². The second-order valence-electron chi connectivity index (χ2n) is 9.47. The second-order valence-corrected chi connectivity index (χ2v) is 9.47. The Labute approximate surface area is 187 Å². The van der Waals surface area contributed by atoms with Crippen LogP contribution < -0.4 is 4.90 Å². The Balaban J connectivity index is 1.27. The maximum atomic E-state index is 12.9. The lowest BCUT2D eigenvalue weighted by Crippen LogP contribution is -2.44. The number of amides is 1. The molecule has 2 saturated heterocycles. The molecule has 1 unspecified atom stereocenters. The van der Waals surface area contributed by atoms with Crippen molar-refractivity contribution in [2.45, 2.75) is 51.4 Å². The van der Waals surface area contributed by atoms with E-state index in [9.17, 15) is 4.79 Å². The molecule has 8 nitrogen and oxygen atoms in total. The molecule has 1 atom stereocenters. The molecule has 3 aromatic heterocycles. The fourth-order valence-electron chi connectivity index (χ4n) is 5.04. The summed E-state index contributed by atoms with van der Waals surface area (Å²) in [5.41, 5.74) is 3.56. The number of aromatic nitrogens is 5. The number of imidazole rings is 1. The average molecular weight is 432 g/mol. The van der Waals surface area contributed by atoms with Crippen molar-refractivity contribution in [2.24, 2.45) is 5.92 Å². The van der Waals surface area contributed by atoms with Crippen LogP contribution in [0.2, 0.25) is 0 Å². The van der Waals surface area contributed by atoms with Crippen molar-refractivity contribution < 1.29 is 4.79 Å². The first-order valence-electron chi connectivity index (χ1n) is 11.9. The van der Waals surface area contributed by atoms with Crippen molar-refractivity contribution in [3.05, 3.63) is 29.7 Å². The number of H-pyrrole nitrogens is 1. The van der Waals surface area contributed by atoms with E-state index >= 15 is 0 Å². The van der Waals surface area contributed by atoms with E-state index in [1.165, 1.54) is 12.8 Å². The highest BCUT2D eigenvalue weighted by atomic mass is 16.2. The number of rotatable bonds is 4. The third-order valence-electron chi connectivity index (χ3n) is 7.02. The zero-order chi connectivity index (χ0) is 21.7. The van der Waals surface area contributed by atoms with E-state index in [4.69, 9.17) is 15.0 Å². The number of piperidine rings is 1. The largest absolute Gasteiger partial charge is 0.356 e. The van der Waals surface area contributed by atoms with Crippen LogP contribution in [-0.4, -0.2) is 61.9 Å². The summed E-state index contributed by atoms with van der Waals surface area (Å²) in [5, 5.41) is 0. The van der Waals surface area contributed by atoms with Gasteiger partial charge in [0.2, 0.25) is 5.91 Å². The molecular weight excluding hydrogens is 402 g/mol. The van der Waals surface area contributed by atoms with Crippen LogP contribution in [0, 0.1) is 12.8 Å². The van der Waals surface area contributed by atoms with E-state index in [0.717, 1.165) is 86.1 Å². The molecule has 0 radical (unpaired) electrons. The van der Waals surface area contributed by atoms with Gasteiger partial charge in [0.05, 0.1) is 11.4 Å². The van der Waals surface area contributed by atoms with Gasteiger partial charge in [0, 0.05) is 38.3 Å². The Hall–Kier alpha value is -3.03. The number of aromatic amines is 1. The third kappa shape index (κ3) is 3.61. The number of hydrogen-bond acceptors (Lipinski definition) is 6. The Morgan fingerprint density at radius 3 is 2.72 bits per heavy atom. The lowest BCUT2D eigenvalue weighted by molar-refractivity contribution is -0.134. The highest BCUT2D eigenvalue weighted by Crippen LogP contribution is 2.38. The molecule has 3 aliphatic rings. The van der Waals surface area contributed by atoms with Gasteiger partial charge in [-0.2, -0.15) is 0 Å². The lowest BCUT2D eigenvalue weighted by atomic mass is 9.96. The molecule has 0 aromatic carbocycles. The smallest absolute Gasteiger partial charge is 0.227 e. The minimum Gasteiger partial charge on any atom is -0.356 e. The average Bonchev–Trinajstić information content (AvgIpc) is 3.35. The third-order valence-corrected chi connectivity index (χ3v) is 7.02. The Bertz CT molecular complexity index is 1160. The summed E-state index contributed by atoms with van der Waals surface area (Å²) in [6.45, 7) is 5.58. The first kappa shape index (κ1) is 19.6. The van der Waals surface area contributed by atoms with Gasteiger partial charge >= 0.3 is 0 Å². The Morgan fingerprint density at radius 2 is 1.91 bits per heavy atom. The number of hydrogen-bond donors (Lipinski definition) is 1. The number of pyridine rings is 1. The van der Waals surface area contributed by atoms with Gasteiger partial charge in [-0.05, 0) is 63.1 Å². The van der Waals surface area contributed by atoms with Gasteiger partial charge in [0.15, 0.2) is 11.5 Å². The molecule has 8 heteroatoms. The molecular formula is C24H29N7O. The topological polar surface area (TPSA) is 90.9 Å². The quantitative estimate of drug-likeness (QED) is 0.680. The normalized spacial score (nSPS) is 21.5. The molecule has 3 aromatic rings. The number of nitrogens with one attached hydrogen (secondary N) is 1. The summed E-state index contributed by atoms with van der Waals surface area (Å²) >= 11 is 0. The molecule has 1 aliphatic carbocycles. The summed E-state index contributed by atoms with van der Waals surface area (Å²) in [5.74, 6) is 3.45. The molecule has 2 aliphatic heterocycles. The lowest BCUT2D eigenvalue weighted by Gasteiger charge is -2.34. The van der Waals surface area contributed by atoms with Crippen molar-refractivity contribution >= 4 is 22.9 Å². The van der Waals surface area contributed by atoms with E-state index in [1.54, 1.807) is 0 Å². The molecule has 0 spiro atoms. The van der Waals surface area contributed by atoms with Gasteiger partial charge in [-0.1, -0.05) is 0 Å². The number of anilines is 1. The van der Waals surface area contributed by atoms with Gasteiger partial charge in [0.25, 0.3) is 0 Å². The maximum absolute atomic E-state index is 12.9. The predicted molar refractivity (Wildman–Crippen MR) is 122 cm³/mol. The number of fused-ring (bicyclic) bond motifs is 1. The molecule has 32 heavy (non-hydrogen) atoms. The molecule has 6 rings (SSSR count). The van der Waals surface area contributed by atoms with E-state index in [2.05, 4.69) is 27.9 Å². The molecule has 166 valence electrons. The van der Waals surface area contributed by atoms with Gasteiger partial charge in [-0.3, -0.25) is 4.79 Å². The van der Waals surface area contributed by atoms with Crippen LogP contribution in [0.1, 0.15) is 55.8 Å². The zero-order valence-corrected chi connectivity index (χ0v) is 18.5. The minimum absolute atomic E-state index is 0.0660. The maximum Gasteiger partial charge on any atom is 0.227 e. The summed E-state index contributed by atoms with van der Waals surface area (Å²) in [6, 6.07) is 4.02. The number of carbonyl (C=O) groups is 1. The molecule has 3 fully saturated rings. The first-order valence-corrected chi connectivity index (χ1v) is 11.9. The number of aryl methyl sites for hydroxylation is 1. The van der Waals surface area contributed by atoms with Crippen molar-refractivity contribution in [3.63, 3.8) is 0 Å². The second kappa shape index (κ2) is 7.83. The zero-order valence-electron chi connectivity index (χ0n) is 18.5. The summed E-state index contributed by atoms with van der Waals surface area (Å²) in [7, 11) is 0. The van der Waals surface area contributed by atoms with Crippen molar-refractivity contribution in [1.82, 2.24) is 29.8 Å². The molecule has 0 bridgehead atoms. The highest BCUT2D eigenvalue weighted by Gasteiger charge is 2.31.